The molecule has 29 heavy (non-hydrogen) atoms. The van der Waals surface area contributed by atoms with Gasteiger partial charge in [-0.3, -0.25) is 19.0 Å². The van der Waals surface area contributed by atoms with Gasteiger partial charge in [-0.1, -0.05) is 11.6 Å². The van der Waals surface area contributed by atoms with Gasteiger partial charge >= 0.3 is 17.9 Å². The lowest BCUT2D eigenvalue weighted by atomic mass is 10.1. The maximum absolute atomic E-state index is 11.7. The normalized spacial score (nSPS) is 23.8. The smallest absolute Gasteiger partial charge is 0.303 e. The van der Waals surface area contributed by atoms with Crippen LogP contribution in [-0.2, 0) is 33.3 Å². The predicted molar refractivity (Wildman–Crippen MR) is 97.0 cm³/mol. The molecule has 4 atom stereocenters. The quantitative estimate of drug-likeness (QED) is 0.287. The Bertz CT molecular complexity index is 966. The number of carbonyl (C=O) groups excluding carboxylic acids is 3. The average molecular weight is 447 g/mol. The number of halogens is 2. The van der Waals surface area contributed by atoms with E-state index >= 15 is 0 Å². The number of hydrogen-bond donors (Lipinski definition) is 0. The number of carbonyl (C=O) groups is 3. The van der Waals surface area contributed by atoms with E-state index in [1.807, 2.05) is 0 Å². The molecule has 13 heteroatoms. The molecule has 1 saturated heterocycles. The first-order chi connectivity index (χ1) is 13.7. The number of esters is 3. The molecule has 0 saturated carbocycles. The molecule has 0 spiro atoms. The summed E-state index contributed by atoms with van der Waals surface area (Å²) in [6.45, 7) is 3.38. The fourth-order valence-corrected chi connectivity index (χ4v) is 3.38. The third-order valence-corrected chi connectivity index (χ3v) is 4.40. The van der Waals surface area contributed by atoms with Crippen molar-refractivity contribution < 1.29 is 33.3 Å². The number of ether oxygens (including phenoxy) is 4. The molecular formula is C16H16Cl2N4O7. The fraction of sp³-hybridized carbons (Fsp3) is 0.500. The molecule has 3 heterocycles. The molecule has 0 bridgehead atoms. The highest BCUT2D eigenvalue weighted by Crippen LogP contribution is 2.36. The minimum atomic E-state index is -1.08. The Morgan fingerprint density at radius 3 is 2.34 bits per heavy atom. The Labute approximate surface area is 174 Å². The van der Waals surface area contributed by atoms with Crippen LogP contribution in [0.3, 0.4) is 0 Å². The highest BCUT2D eigenvalue weighted by Gasteiger charge is 2.51. The summed E-state index contributed by atoms with van der Waals surface area (Å²) in [6.07, 6.45) is -2.71. The van der Waals surface area contributed by atoms with Gasteiger partial charge in [-0.2, -0.15) is 4.98 Å². The molecule has 0 amide bonds. The molecule has 3 rings (SSSR count). The molecular weight excluding hydrogens is 431 g/mol. The van der Waals surface area contributed by atoms with Crippen LogP contribution in [0.5, 0.6) is 0 Å². The molecule has 0 unspecified atom stereocenters. The van der Waals surface area contributed by atoms with Gasteiger partial charge in [0.15, 0.2) is 29.2 Å². The molecule has 2 aromatic heterocycles. The zero-order chi connectivity index (χ0) is 21.3. The highest BCUT2D eigenvalue weighted by molar-refractivity contribution is 6.35. The Hall–Kier alpha value is -2.50. The van der Waals surface area contributed by atoms with Crippen molar-refractivity contribution in [3.63, 3.8) is 0 Å². The van der Waals surface area contributed by atoms with Crippen molar-refractivity contribution in [3.8, 4) is 0 Å². The largest absolute Gasteiger partial charge is 0.463 e. The van der Waals surface area contributed by atoms with Gasteiger partial charge in [0.2, 0.25) is 5.28 Å². The number of hydrogen-bond acceptors (Lipinski definition) is 10. The minimum absolute atomic E-state index is 0.0220. The molecule has 0 aliphatic carbocycles. The van der Waals surface area contributed by atoms with Crippen LogP contribution < -0.4 is 0 Å². The summed E-state index contributed by atoms with van der Waals surface area (Å²) in [7, 11) is 0. The van der Waals surface area contributed by atoms with E-state index < -0.39 is 42.4 Å². The summed E-state index contributed by atoms with van der Waals surface area (Å²) >= 11 is 11.9. The van der Waals surface area contributed by atoms with E-state index in [9.17, 15) is 14.4 Å². The van der Waals surface area contributed by atoms with Gasteiger partial charge in [0.1, 0.15) is 18.2 Å². The summed E-state index contributed by atoms with van der Waals surface area (Å²) in [4.78, 5) is 46.6. The van der Waals surface area contributed by atoms with E-state index in [1.54, 1.807) is 0 Å². The monoisotopic (exact) mass is 446 g/mol. The number of rotatable bonds is 5. The SMILES string of the molecule is CC(=O)OC[C@H]1O[C@H](n2cnc3c(Cl)nc(Cl)nc32)[C@@H](OC(C)=O)[C@@H]1OC(C)=O. The van der Waals surface area contributed by atoms with Crippen molar-refractivity contribution in [2.75, 3.05) is 6.61 Å². The van der Waals surface area contributed by atoms with E-state index in [-0.39, 0.29) is 28.2 Å². The zero-order valence-electron chi connectivity index (χ0n) is 15.5. The van der Waals surface area contributed by atoms with Crippen molar-refractivity contribution in [2.45, 2.75) is 45.3 Å². The number of nitrogens with zero attached hydrogens (tertiary/aromatic N) is 4. The van der Waals surface area contributed by atoms with Gasteiger partial charge in [-0.05, 0) is 11.6 Å². The molecule has 156 valence electrons. The van der Waals surface area contributed by atoms with Crippen molar-refractivity contribution >= 4 is 52.3 Å². The first-order valence-electron chi connectivity index (χ1n) is 8.36. The zero-order valence-corrected chi connectivity index (χ0v) is 17.0. The summed E-state index contributed by atoms with van der Waals surface area (Å²) < 4.78 is 23.0. The predicted octanol–water partition coefficient (Wildman–Crippen LogP) is 1.46. The number of imidazole rings is 1. The number of fused-ring (bicyclic) bond motifs is 1. The first kappa shape index (κ1) is 21.2. The van der Waals surface area contributed by atoms with Crippen molar-refractivity contribution in [1.29, 1.82) is 0 Å². The molecule has 0 aromatic carbocycles. The Morgan fingerprint density at radius 2 is 1.72 bits per heavy atom. The van der Waals surface area contributed by atoms with Gasteiger partial charge in [0.05, 0.1) is 6.33 Å². The van der Waals surface area contributed by atoms with E-state index in [0.717, 1.165) is 0 Å². The summed E-state index contributed by atoms with van der Waals surface area (Å²) in [5.74, 6) is -1.82. The van der Waals surface area contributed by atoms with Crippen LogP contribution in [-0.4, -0.2) is 62.3 Å². The second-order valence-corrected chi connectivity index (χ2v) is 6.82. The molecule has 11 nitrogen and oxygen atoms in total. The molecule has 1 fully saturated rings. The third kappa shape index (κ3) is 4.57. The number of aromatic nitrogens is 4. The van der Waals surface area contributed by atoms with E-state index in [2.05, 4.69) is 15.0 Å². The Morgan fingerprint density at radius 1 is 1.07 bits per heavy atom. The van der Waals surface area contributed by atoms with Gasteiger partial charge in [0.25, 0.3) is 0 Å². The summed E-state index contributed by atoms with van der Waals surface area (Å²) in [5.41, 5.74) is 0.459. The molecule has 0 N–H and O–H groups in total. The van der Waals surface area contributed by atoms with E-state index in [0.29, 0.717) is 0 Å². The standard InChI is InChI=1S/C16H16Cl2N4O7/c1-6(23)26-4-9-11(27-7(2)24)12(28-8(3)25)15(29-9)22-5-19-10-13(17)20-16(18)21-14(10)22/h5,9,11-12,15H,4H2,1-3H3/t9-,11-,12+,15+/m1/s1. The van der Waals surface area contributed by atoms with Crippen molar-refractivity contribution in [2.24, 2.45) is 0 Å². The van der Waals surface area contributed by atoms with Gasteiger partial charge in [0, 0.05) is 20.8 Å². The Kier molecular flexibility index (Phi) is 6.20. The van der Waals surface area contributed by atoms with Crippen LogP contribution in [0.1, 0.15) is 27.0 Å². The first-order valence-corrected chi connectivity index (χ1v) is 9.11. The van der Waals surface area contributed by atoms with Crippen molar-refractivity contribution in [3.05, 3.63) is 16.8 Å². The highest BCUT2D eigenvalue weighted by atomic mass is 35.5. The van der Waals surface area contributed by atoms with Crippen LogP contribution in [0.4, 0.5) is 0 Å². The van der Waals surface area contributed by atoms with Crippen molar-refractivity contribution in [1.82, 2.24) is 19.5 Å². The van der Waals surface area contributed by atoms with E-state index in [1.165, 1.54) is 31.7 Å². The molecule has 1 aliphatic rings. The van der Waals surface area contributed by atoms with Crippen LogP contribution in [0.15, 0.2) is 6.33 Å². The minimum Gasteiger partial charge on any atom is -0.463 e. The van der Waals surface area contributed by atoms with Gasteiger partial charge in [-0.25, -0.2) is 9.97 Å². The topological polar surface area (TPSA) is 132 Å². The summed E-state index contributed by atoms with van der Waals surface area (Å²) in [6, 6.07) is 0. The van der Waals surface area contributed by atoms with Crippen LogP contribution in [0, 0.1) is 0 Å². The van der Waals surface area contributed by atoms with E-state index in [4.69, 9.17) is 42.1 Å². The average Bonchev–Trinajstić information content (AvgIpc) is 3.15. The summed E-state index contributed by atoms with van der Waals surface area (Å²) in [5, 5.41) is -0.104. The Balaban J connectivity index is 2.04. The van der Waals surface area contributed by atoms with Crippen LogP contribution in [0.25, 0.3) is 11.2 Å². The molecule has 0 radical (unpaired) electrons. The van der Waals surface area contributed by atoms with Crippen LogP contribution in [0.2, 0.25) is 10.4 Å². The molecule has 1 aliphatic heterocycles. The third-order valence-electron chi connectivity index (χ3n) is 3.97. The second kappa shape index (κ2) is 8.47. The maximum Gasteiger partial charge on any atom is 0.303 e. The maximum atomic E-state index is 11.7. The van der Waals surface area contributed by atoms with Gasteiger partial charge in [-0.15, -0.1) is 0 Å². The van der Waals surface area contributed by atoms with Crippen LogP contribution >= 0.6 is 23.2 Å². The van der Waals surface area contributed by atoms with Gasteiger partial charge < -0.3 is 18.9 Å². The lowest BCUT2D eigenvalue weighted by Gasteiger charge is -2.23. The molecule has 2 aromatic rings. The second-order valence-electron chi connectivity index (χ2n) is 6.12. The lowest BCUT2D eigenvalue weighted by molar-refractivity contribution is -0.166. The lowest BCUT2D eigenvalue weighted by Crippen LogP contribution is -2.40. The fourth-order valence-electron chi connectivity index (χ4n) is 2.96.